The van der Waals surface area contributed by atoms with E-state index < -0.39 is 6.10 Å². The van der Waals surface area contributed by atoms with Crippen LogP contribution in [0.3, 0.4) is 0 Å². The van der Waals surface area contributed by atoms with Crippen molar-refractivity contribution >= 4 is 0 Å². The van der Waals surface area contributed by atoms with Gasteiger partial charge in [-0.1, -0.05) is 48.9 Å². The Bertz CT molecular complexity index is 508. The summed E-state index contributed by atoms with van der Waals surface area (Å²) >= 11 is 0. The Morgan fingerprint density at radius 1 is 1.00 bits per heavy atom. The van der Waals surface area contributed by atoms with E-state index in [1.165, 1.54) is 5.56 Å². The minimum Gasteiger partial charge on any atom is -0.497 e. The molecule has 0 aliphatic heterocycles. The highest BCUT2D eigenvalue weighted by molar-refractivity contribution is 5.29. The molecule has 1 atom stereocenters. The number of methoxy groups -OCH3 is 1. The number of aryl methyl sites for hydroxylation is 1. The van der Waals surface area contributed by atoms with Crippen LogP contribution in [0.25, 0.3) is 0 Å². The maximum atomic E-state index is 10.2. The molecule has 0 amide bonds. The summed E-state index contributed by atoms with van der Waals surface area (Å²) in [7, 11) is 1.64. The molecule has 2 rings (SSSR count). The number of hydrogen-bond donors (Lipinski definition) is 1. The lowest BCUT2D eigenvalue weighted by Crippen LogP contribution is -1.98. The summed E-state index contributed by atoms with van der Waals surface area (Å²) in [6.45, 7) is 0. The van der Waals surface area contributed by atoms with Crippen LogP contribution in [0.2, 0.25) is 0 Å². The standard InChI is InChI=1S/C18H22O2/c1-20-17-12-7-11-16(14-17)18(19)13-6-5-10-15-8-3-2-4-9-15/h2-4,7-9,11-12,14,18-19H,5-6,10,13H2,1H3/t18-/m1/s1. The van der Waals surface area contributed by atoms with E-state index in [4.69, 9.17) is 4.74 Å². The molecule has 0 spiro atoms. The Morgan fingerprint density at radius 2 is 1.80 bits per heavy atom. The van der Waals surface area contributed by atoms with Gasteiger partial charge in [0.1, 0.15) is 5.75 Å². The van der Waals surface area contributed by atoms with E-state index in [0.29, 0.717) is 0 Å². The highest BCUT2D eigenvalue weighted by Gasteiger charge is 2.08. The van der Waals surface area contributed by atoms with Gasteiger partial charge in [0.05, 0.1) is 13.2 Å². The van der Waals surface area contributed by atoms with Crippen LogP contribution in [-0.2, 0) is 6.42 Å². The Hall–Kier alpha value is -1.80. The minimum atomic E-state index is -0.402. The second kappa shape index (κ2) is 7.71. The van der Waals surface area contributed by atoms with Gasteiger partial charge in [0.2, 0.25) is 0 Å². The van der Waals surface area contributed by atoms with Gasteiger partial charge in [-0.2, -0.15) is 0 Å². The van der Waals surface area contributed by atoms with Gasteiger partial charge < -0.3 is 9.84 Å². The van der Waals surface area contributed by atoms with Crippen LogP contribution < -0.4 is 4.74 Å². The van der Waals surface area contributed by atoms with E-state index in [1.807, 2.05) is 30.3 Å². The van der Waals surface area contributed by atoms with Crippen molar-refractivity contribution in [1.29, 1.82) is 0 Å². The molecule has 20 heavy (non-hydrogen) atoms. The number of benzene rings is 2. The van der Waals surface area contributed by atoms with Gasteiger partial charge in [-0.3, -0.25) is 0 Å². The summed E-state index contributed by atoms with van der Waals surface area (Å²) in [6, 6.07) is 18.1. The number of rotatable bonds is 7. The average molecular weight is 270 g/mol. The Balaban J connectivity index is 1.76. The Morgan fingerprint density at radius 3 is 2.55 bits per heavy atom. The van der Waals surface area contributed by atoms with Gasteiger partial charge in [0, 0.05) is 0 Å². The van der Waals surface area contributed by atoms with E-state index >= 15 is 0 Å². The minimum absolute atomic E-state index is 0.402. The SMILES string of the molecule is COc1cccc([C@H](O)CCCCc2ccccc2)c1. The first-order valence-corrected chi connectivity index (χ1v) is 7.15. The van der Waals surface area contributed by atoms with Gasteiger partial charge in [-0.15, -0.1) is 0 Å². The molecule has 0 radical (unpaired) electrons. The molecule has 1 N–H and O–H groups in total. The van der Waals surface area contributed by atoms with E-state index in [0.717, 1.165) is 37.0 Å². The molecule has 0 unspecified atom stereocenters. The zero-order chi connectivity index (χ0) is 14.2. The predicted octanol–water partition coefficient (Wildman–Crippen LogP) is 4.14. The largest absolute Gasteiger partial charge is 0.497 e. The average Bonchev–Trinajstić information content (AvgIpc) is 2.52. The lowest BCUT2D eigenvalue weighted by molar-refractivity contribution is 0.163. The van der Waals surface area contributed by atoms with Gasteiger partial charge in [-0.05, 0) is 42.5 Å². The summed E-state index contributed by atoms with van der Waals surface area (Å²) in [4.78, 5) is 0. The fourth-order valence-corrected chi connectivity index (χ4v) is 2.33. The topological polar surface area (TPSA) is 29.5 Å². The summed E-state index contributed by atoms with van der Waals surface area (Å²) in [5.74, 6) is 0.797. The smallest absolute Gasteiger partial charge is 0.119 e. The number of aliphatic hydroxyl groups excluding tert-OH is 1. The van der Waals surface area contributed by atoms with Gasteiger partial charge in [0.25, 0.3) is 0 Å². The second-order valence-corrected chi connectivity index (χ2v) is 5.02. The van der Waals surface area contributed by atoms with Gasteiger partial charge in [0.15, 0.2) is 0 Å². The normalized spacial score (nSPS) is 12.1. The molecule has 0 aliphatic rings. The Kier molecular flexibility index (Phi) is 5.63. The molecule has 0 saturated carbocycles. The molecular weight excluding hydrogens is 248 g/mol. The molecule has 106 valence electrons. The highest BCUT2D eigenvalue weighted by Crippen LogP contribution is 2.23. The summed E-state index contributed by atoms with van der Waals surface area (Å²) in [5.41, 5.74) is 2.30. The van der Waals surface area contributed by atoms with Crippen LogP contribution in [0.1, 0.15) is 36.5 Å². The lowest BCUT2D eigenvalue weighted by Gasteiger charge is -2.12. The van der Waals surface area contributed by atoms with E-state index in [9.17, 15) is 5.11 Å². The van der Waals surface area contributed by atoms with Crippen molar-refractivity contribution in [2.75, 3.05) is 7.11 Å². The molecule has 0 fully saturated rings. The van der Waals surface area contributed by atoms with Crippen molar-refractivity contribution in [3.63, 3.8) is 0 Å². The fraction of sp³-hybridized carbons (Fsp3) is 0.333. The van der Waals surface area contributed by atoms with Crippen molar-refractivity contribution in [1.82, 2.24) is 0 Å². The highest BCUT2D eigenvalue weighted by atomic mass is 16.5. The van der Waals surface area contributed by atoms with Crippen molar-refractivity contribution in [2.24, 2.45) is 0 Å². The summed E-state index contributed by atoms with van der Waals surface area (Å²) < 4.78 is 5.18. The molecule has 2 heteroatoms. The van der Waals surface area contributed by atoms with E-state index in [-0.39, 0.29) is 0 Å². The summed E-state index contributed by atoms with van der Waals surface area (Å²) in [6.07, 6.45) is 3.59. The molecule has 0 saturated heterocycles. The lowest BCUT2D eigenvalue weighted by atomic mass is 10.0. The van der Waals surface area contributed by atoms with Crippen LogP contribution in [0.15, 0.2) is 54.6 Å². The third-order valence-electron chi connectivity index (χ3n) is 3.51. The van der Waals surface area contributed by atoms with Crippen LogP contribution in [-0.4, -0.2) is 12.2 Å². The first-order chi connectivity index (χ1) is 9.79. The zero-order valence-corrected chi connectivity index (χ0v) is 12.0. The molecule has 2 aromatic rings. The molecule has 0 bridgehead atoms. The monoisotopic (exact) mass is 270 g/mol. The van der Waals surface area contributed by atoms with E-state index in [2.05, 4.69) is 24.3 Å². The molecule has 0 heterocycles. The van der Waals surface area contributed by atoms with Crippen molar-refractivity contribution in [3.8, 4) is 5.75 Å². The van der Waals surface area contributed by atoms with Crippen LogP contribution in [0.5, 0.6) is 5.75 Å². The van der Waals surface area contributed by atoms with Crippen molar-refractivity contribution < 1.29 is 9.84 Å². The number of unbranched alkanes of at least 4 members (excludes halogenated alkanes) is 1. The first-order valence-electron chi connectivity index (χ1n) is 7.15. The predicted molar refractivity (Wildman–Crippen MR) is 82.0 cm³/mol. The zero-order valence-electron chi connectivity index (χ0n) is 12.0. The maximum Gasteiger partial charge on any atom is 0.119 e. The number of aliphatic hydroxyl groups is 1. The Labute approximate surface area is 121 Å². The van der Waals surface area contributed by atoms with Gasteiger partial charge >= 0.3 is 0 Å². The van der Waals surface area contributed by atoms with Crippen LogP contribution in [0.4, 0.5) is 0 Å². The van der Waals surface area contributed by atoms with E-state index in [1.54, 1.807) is 7.11 Å². The van der Waals surface area contributed by atoms with Gasteiger partial charge in [-0.25, -0.2) is 0 Å². The maximum absolute atomic E-state index is 10.2. The molecule has 0 aromatic heterocycles. The second-order valence-electron chi connectivity index (χ2n) is 5.02. The quantitative estimate of drug-likeness (QED) is 0.766. The molecular formula is C18H22O2. The van der Waals surface area contributed by atoms with Crippen LogP contribution in [0, 0.1) is 0 Å². The van der Waals surface area contributed by atoms with Crippen LogP contribution >= 0.6 is 0 Å². The molecule has 0 aliphatic carbocycles. The number of ether oxygens (including phenoxy) is 1. The fourth-order valence-electron chi connectivity index (χ4n) is 2.33. The van der Waals surface area contributed by atoms with Crippen molar-refractivity contribution in [2.45, 2.75) is 31.8 Å². The molecule has 2 aromatic carbocycles. The first kappa shape index (κ1) is 14.6. The molecule has 2 nitrogen and oxygen atoms in total. The third-order valence-corrected chi connectivity index (χ3v) is 3.51. The number of hydrogen-bond acceptors (Lipinski definition) is 2. The summed E-state index contributed by atoms with van der Waals surface area (Å²) in [5, 5.41) is 10.2. The van der Waals surface area contributed by atoms with Crippen molar-refractivity contribution in [3.05, 3.63) is 65.7 Å². The third kappa shape index (κ3) is 4.39.